The zero-order valence-electron chi connectivity index (χ0n) is 9.86. The van der Waals surface area contributed by atoms with E-state index in [1.165, 1.54) is 5.56 Å². The van der Waals surface area contributed by atoms with E-state index >= 15 is 0 Å². The summed E-state index contributed by atoms with van der Waals surface area (Å²) >= 11 is 0. The summed E-state index contributed by atoms with van der Waals surface area (Å²) in [5.74, 6) is 0.948. The van der Waals surface area contributed by atoms with Crippen LogP contribution in [-0.4, -0.2) is 30.6 Å². The molecule has 1 aliphatic rings. The standard InChI is InChI=1S/C13H20N2O/c1-2-16-13-5-3-11(4-6-13)9-15-8-7-12(14)10-15/h3-6,12H,2,7-10,14H2,1H3. The van der Waals surface area contributed by atoms with Crippen LogP contribution in [0.3, 0.4) is 0 Å². The van der Waals surface area contributed by atoms with Gasteiger partial charge in [-0.05, 0) is 31.0 Å². The van der Waals surface area contributed by atoms with Gasteiger partial charge in [0.15, 0.2) is 0 Å². The highest BCUT2D eigenvalue weighted by Gasteiger charge is 2.18. The van der Waals surface area contributed by atoms with Crippen molar-refractivity contribution < 1.29 is 4.74 Å². The number of nitrogens with two attached hydrogens (primary N) is 1. The van der Waals surface area contributed by atoms with Crippen LogP contribution in [-0.2, 0) is 6.54 Å². The van der Waals surface area contributed by atoms with Crippen molar-refractivity contribution in [2.24, 2.45) is 5.73 Å². The van der Waals surface area contributed by atoms with Crippen LogP contribution in [0.4, 0.5) is 0 Å². The Hall–Kier alpha value is -1.06. The average Bonchev–Trinajstić information content (AvgIpc) is 2.67. The summed E-state index contributed by atoms with van der Waals surface area (Å²) in [6.45, 7) is 5.86. The van der Waals surface area contributed by atoms with Crippen molar-refractivity contribution in [1.82, 2.24) is 4.90 Å². The Morgan fingerprint density at radius 3 is 2.69 bits per heavy atom. The minimum atomic E-state index is 0.364. The third-order valence-corrected chi connectivity index (χ3v) is 2.95. The Kier molecular flexibility index (Phi) is 3.80. The maximum atomic E-state index is 5.88. The second kappa shape index (κ2) is 5.32. The number of benzene rings is 1. The molecule has 1 heterocycles. The molecule has 1 atom stereocenters. The summed E-state index contributed by atoms with van der Waals surface area (Å²) in [6, 6.07) is 8.70. The third-order valence-electron chi connectivity index (χ3n) is 2.95. The van der Waals surface area contributed by atoms with E-state index in [1.54, 1.807) is 0 Å². The number of hydrogen-bond acceptors (Lipinski definition) is 3. The zero-order valence-corrected chi connectivity index (χ0v) is 9.86. The smallest absolute Gasteiger partial charge is 0.119 e. The van der Waals surface area contributed by atoms with Crippen LogP contribution < -0.4 is 10.5 Å². The summed E-state index contributed by atoms with van der Waals surface area (Å²) in [7, 11) is 0. The lowest BCUT2D eigenvalue weighted by molar-refractivity contribution is 0.325. The monoisotopic (exact) mass is 220 g/mol. The van der Waals surface area contributed by atoms with Crippen LogP contribution >= 0.6 is 0 Å². The van der Waals surface area contributed by atoms with Crippen molar-refractivity contribution in [1.29, 1.82) is 0 Å². The van der Waals surface area contributed by atoms with Gasteiger partial charge in [0.2, 0.25) is 0 Å². The van der Waals surface area contributed by atoms with Gasteiger partial charge in [0.1, 0.15) is 5.75 Å². The van der Waals surface area contributed by atoms with E-state index in [1.807, 2.05) is 19.1 Å². The summed E-state index contributed by atoms with van der Waals surface area (Å²) in [5.41, 5.74) is 7.21. The van der Waals surface area contributed by atoms with Gasteiger partial charge in [0.25, 0.3) is 0 Å². The van der Waals surface area contributed by atoms with Gasteiger partial charge in [0, 0.05) is 25.7 Å². The molecule has 0 saturated carbocycles. The quantitative estimate of drug-likeness (QED) is 0.838. The van der Waals surface area contributed by atoms with Crippen LogP contribution in [0, 0.1) is 0 Å². The molecule has 1 aliphatic heterocycles. The highest BCUT2D eigenvalue weighted by molar-refractivity contribution is 5.27. The van der Waals surface area contributed by atoms with E-state index < -0.39 is 0 Å². The molecule has 88 valence electrons. The molecular weight excluding hydrogens is 200 g/mol. The van der Waals surface area contributed by atoms with Gasteiger partial charge in [-0.15, -0.1) is 0 Å². The first-order valence-electron chi connectivity index (χ1n) is 5.97. The number of nitrogens with zero attached hydrogens (tertiary/aromatic N) is 1. The summed E-state index contributed by atoms with van der Waals surface area (Å²) in [5, 5.41) is 0. The minimum absolute atomic E-state index is 0.364. The molecule has 1 unspecified atom stereocenters. The van der Waals surface area contributed by atoms with Crippen molar-refractivity contribution >= 4 is 0 Å². The second-order valence-electron chi connectivity index (χ2n) is 4.36. The number of likely N-dealkylation sites (tertiary alicyclic amines) is 1. The van der Waals surface area contributed by atoms with Gasteiger partial charge in [-0.25, -0.2) is 0 Å². The fourth-order valence-electron chi connectivity index (χ4n) is 2.12. The maximum Gasteiger partial charge on any atom is 0.119 e. The lowest BCUT2D eigenvalue weighted by Crippen LogP contribution is -2.26. The fraction of sp³-hybridized carbons (Fsp3) is 0.538. The molecule has 0 radical (unpaired) electrons. The first kappa shape index (κ1) is 11.4. The number of ether oxygens (including phenoxy) is 1. The normalized spacial score (nSPS) is 21.2. The van der Waals surface area contributed by atoms with E-state index in [0.717, 1.165) is 38.4 Å². The van der Waals surface area contributed by atoms with Crippen LogP contribution in [0.1, 0.15) is 18.9 Å². The van der Waals surface area contributed by atoms with Gasteiger partial charge in [0.05, 0.1) is 6.61 Å². The summed E-state index contributed by atoms with van der Waals surface area (Å²) in [6.07, 6.45) is 1.12. The SMILES string of the molecule is CCOc1ccc(CN2CCC(N)C2)cc1. The van der Waals surface area contributed by atoms with Gasteiger partial charge in [-0.3, -0.25) is 4.90 Å². The van der Waals surface area contributed by atoms with E-state index in [-0.39, 0.29) is 0 Å². The van der Waals surface area contributed by atoms with Crippen molar-refractivity contribution in [3.05, 3.63) is 29.8 Å². The van der Waals surface area contributed by atoms with Gasteiger partial charge >= 0.3 is 0 Å². The molecule has 0 aliphatic carbocycles. The lowest BCUT2D eigenvalue weighted by Gasteiger charge is -2.15. The largest absolute Gasteiger partial charge is 0.494 e. The Bertz CT molecular complexity index is 323. The molecule has 1 fully saturated rings. The van der Waals surface area contributed by atoms with Crippen LogP contribution in [0.15, 0.2) is 24.3 Å². The Morgan fingerprint density at radius 2 is 2.12 bits per heavy atom. The first-order valence-corrected chi connectivity index (χ1v) is 5.97. The molecule has 0 amide bonds. The van der Waals surface area contributed by atoms with Crippen molar-refractivity contribution in [3.63, 3.8) is 0 Å². The van der Waals surface area contributed by atoms with E-state index in [9.17, 15) is 0 Å². The molecule has 0 bridgehead atoms. The summed E-state index contributed by atoms with van der Waals surface area (Å²) < 4.78 is 5.41. The lowest BCUT2D eigenvalue weighted by atomic mass is 10.2. The topological polar surface area (TPSA) is 38.5 Å². The second-order valence-corrected chi connectivity index (χ2v) is 4.36. The average molecular weight is 220 g/mol. The molecule has 1 aromatic rings. The predicted octanol–water partition coefficient (Wildman–Crippen LogP) is 1.62. The molecule has 1 saturated heterocycles. The Balaban J connectivity index is 1.89. The highest BCUT2D eigenvalue weighted by Crippen LogP contribution is 2.16. The van der Waals surface area contributed by atoms with E-state index in [4.69, 9.17) is 10.5 Å². The van der Waals surface area contributed by atoms with Crippen LogP contribution in [0.2, 0.25) is 0 Å². The molecule has 2 rings (SSSR count). The molecule has 2 N–H and O–H groups in total. The molecule has 3 nitrogen and oxygen atoms in total. The minimum Gasteiger partial charge on any atom is -0.494 e. The van der Waals surface area contributed by atoms with Crippen molar-refractivity contribution in [2.75, 3.05) is 19.7 Å². The van der Waals surface area contributed by atoms with Gasteiger partial charge in [-0.1, -0.05) is 12.1 Å². The molecule has 1 aromatic carbocycles. The molecule has 16 heavy (non-hydrogen) atoms. The van der Waals surface area contributed by atoms with E-state index in [0.29, 0.717) is 6.04 Å². The fourth-order valence-corrected chi connectivity index (χ4v) is 2.12. The summed E-state index contributed by atoms with van der Waals surface area (Å²) in [4.78, 5) is 2.40. The number of hydrogen-bond donors (Lipinski definition) is 1. The molecule has 3 heteroatoms. The zero-order chi connectivity index (χ0) is 11.4. The Labute approximate surface area is 97.2 Å². The Morgan fingerprint density at radius 1 is 1.38 bits per heavy atom. The van der Waals surface area contributed by atoms with Gasteiger partial charge < -0.3 is 10.5 Å². The number of rotatable bonds is 4. The van der Waals surface area contributed by atoms with Crippen LogP contribution in [0.25, 0.3) is 0 Å². The van der Waals surface area contributed by atoms with Crippen LogP contribution in [0.5, 0.6) is 5.75 Å². The van der Waals surface area contributed by atoms with E-state index in [2.05, 4.69) is 17.0 Å². The molecular formula is C13H20N2O. The van der Waals surface area contributed by atoms with Crippen molar-refractivity contribution in [2.45, 2.75) is 25.9 Å². The first-order chi connectivity index (χ1) is 7.78. The molecule has 0 spiro atoms. The predicted molar refractivity (Wildman–Crippen MR) is 65.5 cm³/mol. The molecule has 0 aromatic heterocycles. The maximum absolute atomic E-state index is 5.88. The van der Waals surface area contributed by atoms with Gasteiger partial charge in [-0.2, -0.15) is 0 Å². The third kappa shape index (κ3) is 2.97. The highest BCUT2D eigenvalue weighted by atomic mass is 16.5. The van der Waals surface area contributed by atoms with Crippen molar-refractivity contribution in [3.8, 4) is 5.75 Å².